The number of guanidine groups is 1. The van der Waals surface area contributed by atoms with Crippen molar-refractivity contribution in [2.45, 2.75) is 19.5 Å². The Kier molecular flexibility index (Phi) is 7.39. The molecule has 0 aliphatic carbocycles. The van der Waals surface area contributed by atoms with Gasteiger partial charge in [-0.15, -0.1) is 0 Å². The highest BCUT2D eigenvalue weighted by Crippen LogP contribution is 2.21. The summed E-state index contributed by atoms with van der Waals surface area (Å²) in [7, 11) is 1.91. The molecule has 1 atom stereocenters. The molecule has 152 valence electrons. The van der Waals surface area contributed by atoms with E-state index in [1.54, 1.807) is 6.20 Å². The highest BCUT2D eigenvalue weighted by molar-refractivity contribution is 5.79. The summed E-state index contributed by atoms with van der Waals surface area (Å²) in [6.45, 7) is 7.17. The topological polar surface area (TPSA) is 66.7 Å². The van der Waals surface area contributed by atoms with E-state index in [2.05, 4.69) is 25.6 Å². The second kappa shape index (κ2) is 10.2. The van der Waals surface area contributed by atoms with Gasteiger partial charge in [-0.25, -0.2) is 9.38 Å². The summed E-state index contributed by atoms with van der Waals surface area (Å²) in [6.07, 6.45) is 1.77. The predicted octanol–water partition coefficient (Wildman–Crippen LogP) is 1.69. The number of benzene rings is 1. The molecule has 0 bridgehead atoms. The van der Waals surface area contributed by atoms with Crippen molar-refractivity contribution in [3.05, 3.63) is 53.6 Å². The molecule has 1 fully saturated rings. The summed E-state index contributed by atoms with van der Waals surface area (Å²) >= 11 is 0. The van der Waals surface area contributed by atoms with E-state index in [0.717, 1.165) is 36.9 Å². The Morgan fingerprint density at radius 1 is 1.21 bits per heavy atom. The molecule has 28 heavy (non-hydrogen) atoms. The molecule has 1 saturated heterocycles. The number of nitrogens with zero attached hydrogens (tertiary/aromatic N) is 4. The van der Waals surface area contributed by atoms with Gasteiger partial charge in [-0.3, -0.25) is 9.58 Å². The van der Waals surface area contributed by atoms with E-state index in [1.165, 1.54) is 12.1 Å². The largest absolute Gasteiger partial charge is 0.379 e. The summed E-state index contributed by atoms with van der Waals surface area (Å²) in [5.41, 5.74) is 2.12. The molecule has 0 saturated carbocycles. The molecular weight excluding hydrogens is 359 g/mol. The van der Waals surface area contributed by atoms with Crippen LogP contribution in [-0.2, 0) is 18.3 Å². The lowest BCUT2D eigenvalue weighted by molar-refractivity contribution is 0.0170. The van der Waals surface area contributed by atoms with E-state index in [4.69, 9.17) is 4.74 Å². The number of hydrogen-bond donors (Lipinski definition) is 2. The first-order chi connectivity index (χ1) is 13.7. The van der Waals surface area contributed by atoms with Gasteiger partial charge in [-0.1, -0.05) is 12.1 Å². The van der Waals surface area contributed by atoms with Gasteiger partial charge < -0.3 is 15.4 Å². The summed E-state index contributed by atoms with van der Waals surface area (Å²) in [6, 6.07) is 8.83. The van der Waals surface area contributed by atoms with Crippen molar-refractivity contribution in [2.24, 2.45) is 12.0 Å². The van der Waals surface area contributed by atoms with Gasteiger partial charge in [0.15, 0.2) is 5.96 Å². The molecule has 2 aromatic rings. The molecule has 1 unspecified atom stereocenters. The van der Waals surface area contributed by atoms with Crippen LogP contribution < -0.4 is 10.6 Å². The molecule has 0 spiro atoms. The molecule has 1 aliphatic heterocycles. The average molecular weight is 388 g/mol. The molecule has 1 aromatic heterocycles. The zero-order valence-electron chi connectivity index (χ0n) is 16.6. The normalized spacial score (nSPS) is 16.8. The standard InChI is InChI=1S/C20H29FN6O/c1-3-22-20(23-14-18-8-9-25-26(18)2)24-15-19(27-10-12-28-13-11-27)16-4-6-17(21)7-5-16/h4-9,19H,3,10-15H2,1-2H3,(H2,22,23,24). The van der Waals surface area contributed by atoms with Gasteiger partial charge in [0.05, 0.1) is 31.5 Å². The van der Waals surface area contributed by atoms with Crippen LogP contribution >= 0.6 is 0 Å². The maximum Gasteiger partial charge on any atom is 0.191 e. The van der Waals surface area contributed by atoms with Crippen LogP contribution in [0, 0.1) is 5.82 Å². The van der Waals surface area contributed by atoms with Gasteiger partial charge in [-0.2, -0.15) is 5.10 Å². The summed E-state index contributed by atoms with van der Waals surface area (Å²) in [5.74, 6) is 0.535. The lowest BCUT2D eigenvalue weighted by Crippen LogP contribution is -2.46. The molecule has 1 aliphatic rings. The van der Waals surface area contributed by atoms with Crippen LogP contribution in [0.5, 0.6) is 0 Å². The quantitative estimate of drug-likeness (QED) is 0.558. The molecule has 1 aromatic carbocycles. The van der Waals surface area contributed by atoms with Crippen LogP contribution in [0.2, 0.25) is 0 Å². The number of aliphatic imine (C=N–C) groups is 1. The van der Waals surface area contributed by atoms with E-state index in [0.29, 0.717) is 26.3 Å². The van der Waals surface area contributed by atoms with Crippen LogP contribution in [0.1, 0.15) is 24.2 Å². The van der Waals surface area contributed by atoms with E-state index in [1.807, 2.05) is 36.9 Å². The van der Waals surface area contributed by atoms with Gasteiger partial charge in [0.2, 0.25) is 0 Å². The van der Waals surface area contributed by atoms with Crippen molar-refractivity contribution in [1.29, 1.82) is 0 Å². The Morgan fingerprint density at radius 3 is 2.61 bits per heavy atom. The first-order valence-electron chi connectivity index (χ1n) is 9.73. The number of ether oxygens (including phenoxy) is 1. The number of aryl methyl sites for hydroxylation is 1. The number of aromatic nitrogens is 2. The van der Waals surface area contributed by atoms with E-state index >= 15 is 0 Å². The lowest BCUT2D eigenvalue weighted by Gasteiger charge is -2.35. The minimum Gasteiger partial charge on any atom is -0.379 e. The minimum atomic E-state index is -0.219. The average Bonchev–Trinajstić information content (AvgIpc) is 3.13. The predicted molar refractivity (Wildman–Crippen MR) is 108 cm³/mol. The molecular formula is C20H29FN6O. The Balaban J connectivity index is 1.70. The molecule has 0 radical (unpaired) electrons. The maximum atomic E-state index is 13.4. The van der Waals surface area contributed by atoms with Gasteiger partial charge in [0, 0.05) is 39.4 Å². The zero-order chi connectivity index (χ0) is 19.8. The van der Waals surface area contributed by atoms with Crippen LogP contribution in [0.4, 0.5) is 4.39 Å². The van der Waals surface area contributed by atoms with Crippen LogP contribution in [0.15, 0.2) is 41.5 Å². The van der Waals surface area contributed by atoms with Crippen molar-refractivity contribution < 1.29 is 9.13 Å². The first kappa shape index (κ1) is 20.3. The zero-order valence-corrected chi connectivity index (χ0v) is 16.6. The van der Waals surface area contributed by atoms with Crippen LogP contribution in [-0.4, -0.2) is 60.0 Å². The van der Waals surface area contributed by atoms with Gasteiger partial charge >= 0.3 is 0 Å². The molecule has 2 heterocycles. The summed E-state index contributed by atoms with van der Waals surface area (Å²) in [5, 5.41) is 10.9. The number of rotatable bonds is 7. The molecule has 0 amide bonds. The number of hydrogen-bond acceptors (Lipinski definition) is 4. The first-order valence-corrected chi connectivity index (χ1v) is 9.73. The van der Waals surface area contributed by atoms with Gasteiger partial charge in [-0.05, 0) is 30.7 Å². The van der Waals surface area contributed by atoms with E-state index in [-0.39, 0.29) is 11.9 Å². The van der Waals surface area contributed by atoms with Crippen LogP contribution in [0.3, 0.4) is 0 Å². The fourth-order valence-corrected chi connectivity index (χ4v) is 3.28. The monoisotopic (exact) mass is 388 g/mol. The lowest BCUT2D eigenvalue weighted by atomic mass is 10.0. The molecule has 7 nitrogen and oxygen atoms in total. The summed E-state index contributed by atoms with van der Waals surface area (Å²) in [4.78, 5) is 7.04. The smallest absolute Gasteiger partial charge is 0.191 e. The second-order valence-corrected chi connectivity index (χ2v) is 6.74. The third-order valence-electron chi connectivity index (χ3n) is 4.87. The van der Waals surface area contributed by atoms with Crippen molar-refractivity contribution in [1.82, 2.24) is 25.3 Å². The minimum absolute atomic E-state index is 0.116. The van der Waals surface area contributed by atoms with Crippen molar-refractivity contribution >= 4 is 5.96 Å². The third kappa shape index (κ3) is 5.53. The van der Waals surface area contributed by atoms with Crippen molar-refractivity contribution in [3.8, 4) is 0 Å². The second-order valence-electron chi connectivity index (χ2n) is 6.74. The van der Waals surface area contributed by atoms with Gasteiger partial charge in [0.25, 0.3) is 0 Å². The van der Waals surface area contributed by atoms with E-state index < -0.39 is 0 Å². The van der Waals surface area contributed by atoms with Crippen molar-refractivity contribution in [2.75, 3.05) is 39.4 Å². The molecule has 3 rings (SSSR count). The van der Waals surface area contributed by atoms with Crippen molar-refractivity contribution in [3.63, 3.8) is 0 Å². The van der Waals surface area contributed by atoms with Crippen LogP contribution in [0.25, 0.3) is 0 Å². The number of nitrogens with one attached hydrogen (secondary N) is 2. The van der Waals surface area contributed by atoms with Gasteiger partial charge in [0.1, 0.15) is 5.82 Å². The van der Waals surface area contributed by atoms with E-state index in [9.17, 15) is 4.39 Å². The highest BCUT2D eigenvalue weighted by atomic mass is 19.1. The highest BCUT2D eigenvalue weighted by Gasteiger charge is 2.23. The SMILES string of the molecule is CCNC(=NCc1ccnn1C)NCC(c1ccc(F)cc1)N1CCOCC1. The Morgan fingerprint density at radius 2 is 1.96 bits per heavy atom. The fraction of sp³-hybridized carbons (Fsp3) is 0.500. The maximum absolute atomic E-state index is 13.4. The Bertz CT molecular complexity index is 754. The Hall–Kier alpha value is -2.45. The number of halogens is 1. The summed E-state index contributed by atoms with van der Waals surface area (Å²) < 4.78 is 20.7. The molecule has 8 heteroatoms. The molecule has 2 N–H and O–H groups in total. The number of morpholine rings is 1. The third-order valence-corrected chi connectivity index (χ3v) is 4.87. The Labute approximate surface area is 165 Å². The fourth-order valence-electron chi connectivity index (χ4n) is 3.28.